The van der Waals surface area contributed by atoms with Gasteiger partial charge in [0.15, 0.2) is 19.4 Å². The molecule has 0 aliphatic heterocycles. The number of halogens is 1. The van der Waals surface area contributed by atoms with E-state index in [9.17, 15) is 9.90 Å². The van der Waals surface area contributed by atoms with Crippen LogP contribution in [-0.4, -0.2) is 53.6 Å². The van der Waals surface area contributed by atoms with Gasteiger partial charge in [-0.25, -0.2) is 0 Å². The highest BCUT2D eigenvalue weighted by Crippen LogP contribution is 2.42. The van der Waals surface area contributed by atoms with E-state index < -0.39 is 14.4 Å². The van der Waals surface area contributed by atoms with Crippen LogP contribution in [0.2, 0.25) is 5.04 Å². The third-order valence-corrected chi connectivity index (χ3v) is 12.9. The average molecular weight is 646 g/mol. The lowest BCUT2D eigenvalue weighted by Gasteiger charge is -2.43. The van der Waals surface area contributed by atoms with Crippen LogP contribution in [0.4, 0.5) is 0 Å². The molecule has 0 saturated carbocycles. The molecule has 0 spiro atoms. The molecule has 0 aromatic heterocycles. The Kier molecular flexibility index (Phi) is 12.1. The number of carbonyl (C=O) groups is 1. The molecule has 0 saturated heterocycles. The molecular weight excluding hydrogens is 604 g/mol. The fraction of sp³-hybridized carbons (Fsp3) is 0.406. The summed E-state index contributed by atoms with van der Waals surface area (Å²) in [6.45, 7) is 8.86. The molecule has 0 aliphatic rings. The molecule has 1 N–H and O–H groups in total. The van der Waals surface area contributed by atoms with E-state index in [0.717, 1.165) is 0 Å². The molecule has 7 nitrogen and oxygen atoms in total. The molecule has 3 rings (SSSR count). The predicted octanol–water partition coefficient (Wildman–Crippen LogP) is 5.68. The topological polar surface area (TPSA) is 83.5 Å². The zero-order chi connectivity index (χ0) is 30.0. The van der Waals surface area contributed by atoms with Gasteiger partial charge in [0.1, 0.15) is 17.6 Å². The summed E-state index contributed by atoms with van der Waals surface area (Å²) >= 11 is 3.52. The summed E-state index contributed by atoms with van der Waals surface area (Å²) in [5.41, 5.74) is 1.04. The van der Waals surface area contributed by atoms with E-state index >= 15 is 0 Å². The molecule has 3 aromatic rings. The van der Waals surface area contributed by atoms with Gasteiger partial charge < -0.3 is 28.5 Å². The smallest absolute Gasteiger partial charge is 0.261 e. The van der Waals surface area contributed by atoms with Crippen molar-refractivity contribution in [3.8, 4) is 11.5 Å². The summed E-state index contributed by atoms with van der Waals surface area (Å²) in [4.78, 5) is 13.2. The van der Waals surface area contributed by atoms with Crippen molar-refractivity contribution in [1.82, 2.24) is 0 Å². The predicted molar refractivity (Wildman–Crippen MR) is 167 cm³/mol. The third kappa shape index (κ3) is 7.65. The maximum Gasteiger partial charge on any atom is 0.261 e. The summed E-state index contributed by atoms with van der Waals surface area (Å²) in [6.07, 6.45) is -0.779. The normalized spacial score (nSPS) is 12.7. The van der Waals surface area contributed by atoms with Crippen molar-refractivity contribution < 1.29 is 33.3 Å². The maximum atomic E-state index is 13.2. The molecule has 222 valence electrons. The van der Waals surface area contributed by atoms with E-state index in [0.29, 0.717) is 40.1 Å². The lowest BCUT2D eigenvalue weighted by atomic mass is 10.00. The van der Waals surface area contributed by atoms with Gasteiger partial charge in [-0.3, -0.25) is 4.79 Å². The highest BCUT2D eigenvalue weighted by Gasteiger charge is 2.50. The first-order valence-electron chi connectivity index (χ1n) is 13.6. The van der Waals surface area contributed by atoms with Crippen LogP contribution < -0.4 is 19.8 Å². The zero-order valence-electron chi connectivity index (χ0n) is 24.7. The summed E-state index contributed by atoms with van der Waals surface area (Å²) < 4.78 is 28.9. The Morgan fingerprint density at radius 1 is 0.927 bits per heavy atom. The van der Waals surface area contributed by atoms with E-state index in [2.05, 4.69) is 61.0 Å². The number of carbonyl (C=O) groups excluding carboxylic acids is 1. The molecule has 0 amide bonds. The van der Waals surface area contributed by atoms with Gasteiger partial charge in [0.2, 0.25) is 0 Å². The highest BCUT2D eigenvalue weighted by molar-refractivity contribution is 9.10. The van der Waals surface area contributed by atoms with E-state index in [1.165, 1.54) is 24.6 Å². The number of rotatable bonds is 15. The summed E-state index contributed by atoms with van der Waals surface area (Å²) in [7, 11) is 0.329. The Hall–Kier alpha value is -2.53. The molecule has 1 atom stereocenters. The average Bonchev–Trinajstić information content (AvgIpc) is 2.96. The lowest BCUT2D eigenvalue weighted by molar-refractivity contribution is -0.127. The SMILES string of the molecule is COCOc1cc(C(O)C(=O)CCCO[Si](c2ccccc2)(c2ccccc2)C(C)(C)C)c(Br)c(OCOC)c1C. The Morgan fingerprint density at radius 3 is 1.98 bits per heavy atom. The molecule has 0 aliphatic carbocycles. The number of benzene rings is 3. The fourth-order valence-electron chi connectivity index (χ4n) is 5.02. The van der Waals surface area contributed by atoms with Gasteiger partial charge in [0, 0.05) is 38.4 Å². The Bertz CT molecular complexity index is 1220. The van der Waals surface area contributed by atoms with Crippen molar-refractivity contribution in [2.75, 3.05) is 34.4 Å². The molecule has 9 heteroatoms. The van der Waals surface area contributed by atoms with Crippen molar-refractivity contribution in [2.45, 2.75) is 51.7 Å². The first-order valence-corrected chi connectivity index (χ1v) is 16.3. The van der Waals surface area contributed by atoms with Crippen LogP contribution in [0.1, 0.15) is 50.8 Å². The quantitative estimate of drug-likeness (QED) is 0.129. The number of hydrogen-bond acceptors (Lipinski definition) is 7. The minimum Gasteiger partial charge on any atom is -0.467 e. The molecule has 0 radical (unpaired) electrons. The van der Waals surface area contributed by atoms with Crippen molar-refractivity contribution in [1.29, 1.82) is 0 Å². The minimum atomic E-state index is -2.71. The molecule has 3 aromatic carbocycles. The first kappa shape index (κ1) is 33.0. The number of aliphatic hydroxyl groups excluding tert-OH is 1. The molecule has 0 heterocycles. The molecule has 0 fully saturated rings. The largest absolute Gasteiger partial charge is 0.467 e. The van der Waals surface area contributed by atoms with Gasteiger partial charge in [-0.1, -0.05) is 81.4 Å². The second-order valence-corrected chi connectivity index (χ2v) is 15.9. The summed E-state index contributed by atoms with van der Waals surface area (Å²) in [6, 6.07) is 22.4. The molecule has 0 bridgehead atoms. The van der Waals surface area contributed by atoms with Crippen LogP contribution in [0.3, 0.4) is 0 Å². The molecular formula is C32H41BrO7Si. The van der Waals surface area contributed by atoms with Crippen LogP contribution in [0, 0.1) is 6.92 Å². The third-order valence-electron chi connectivity index (χ3n) is 7.01. The van der Waals surface area contributed by atoms with E-state index in [-0.39, 0.29) is 30.8 Å². The van der Waals surface area contributed by atoms with Gasteiger partial charge in [0.05, 0.1) is 4.47 Å². The van der Waals surface area contributed by atoms with E-state index in [4.69, 9.17) is 23.4 Å². The minimum absolute atomic E-state index is 0.00373. The second kappa shape index (κ2) is 15.1. The van der Waals surface area contributed by atoms with Gasteiger partial charge in [0.25, 0.3) is 8.32 Å². The van der Waals surface area contributed by atoms with Crippen molar-refractivity contribution in [3.63, 3.8) is 0 Å². The fourth-order valence-corrected chi connectivity index (χ4v) is 10.4. The van der Waals surface area contributed by atoms with Crippen LogP contribution in [0.5, 0.6) is 11.5 Å². The van der Waals surface area contributed by atoms with E-state index in [1.54, 1.807) is 6.07 Å². The van der Waals surface area contributed by atoms with Crippen LogP contribution in [0.25, 0.3) is 0 Å². The summed E-state index contributed by atoms with van der Waals surface area (Å²) in [5.74, 6) is 0.548. The Morgan fingerprint density at radius 2 is 1.46 bits per heavy atom. The number of hydrogen-bond donors (Lipinski definition) is 1. The zero-order valence-corrected chi connectivity index (χ0v) is 27.3. The number of Topliss-reactive ketones (excluding diaryl/α,β-unsaturated/α-hetero) is 1. The van der Waals surface area contributed by atoms with Gasteiger partial charge in [-0.2, -0.15) is 0 Å². The molecule has 41 heavy (non-hydrogen) atoms. The maximum absolute atomic E-state index is 13.2. The monoisotopic (exact) mass is 644 g/mol. The standard InChI is InChI=1S/C32H41BrO7Si/c1-23-28(38-21-36-5)20-26(29(33)31(23)39-22-37-6)30(35)27(34)18-13-19-40-41(32(2,3)4,24-14-9-7-10-15-24)25-16-11-8-12-17-25/h7-12,14-17,20,30,35H,13,18-19,21-22H2,1-6H3. The number of ether oxygens (including phenoxy) is 4. The number of methoxy groups -OCH3 is 2. The van der Waals surface area contributed by atoms with Crippen molar-refractivity contribution in [3.05, 3.63) is 82.3 Å². The molecule has 1 unspecified atom stereocenters. The van der Waals surface area contributed by atoms with Crippen LogP contribution >= 0.6 is 15.9 Å². The van der Waals surface area contributed by atoms with Crippen molar-refractivity contribution in [2.24, 2.45) is 0 Å². The van der Waals surface area contributed by atoms with Gasteiger partial charge in [-0.15, -0.1) is 0 Å². The van der Waals surface area contributed by atoms with Crippen LogP contribution in [0.15, 0.2) is 71.2 Å². The first-order chi connectivity index (χ1) is 19.6. The van der Waals surface area contributed by atoms with Crippen molar-refractivity contribution >= 4 is 40.4 Å². The highest BCUT2D eigenvalue weighted by atomic mass is 79.9. The number of aliphatic hydroxyl groups is 1. The summed E-state index contributed by atoms with van der Waals surface area (Å²) in [5, 5.41) is 13.3. The van der Waals surface area contributed by atoms with Crippen LogP contribution in [-0.2, 0) is 18.7 Å². The Balaban J connectivity index is 1.81. The second-order valence-electron chi connectivity index (χ2n) is 10.8. The van der Waals surface area contributed by atoms with Gasteiger partial charge >= 0.3 is 0 Å². The number of ketones is 1. The van der Waals surface area contributed by atoms with Gasteiger partial charge in [-0.05, 0) is 50.8 Å². The van der Waals surface area contributed by atoms with E-state index in [1.807, 2.05) is 43.3 Å². The lowest BCUT2D eigenvalue weighted by Crippen LogP contribution is -2.66. The Labute approximate surface area is 253 Å².